The first-order chi connectivity index (χ1) is 15.0. The molecule has 0 saturated heterocycles. The van der Waals surface area contributed by atoms with Crippen LogP contribution in [0.2, 0.25) is 0 Å². The lowest BCUT2D eigenvalue weighted by atomic mass is 10.1. The van der Waals surface area contributed by atoms with Gasteiger partial charge in [-0.25, -0.2) is 4.79 Å². The summed E-state index contributed by atoms with van der Waals surface area (Å²) in [6.07, 6.45) is 1.68. The molecular formula is C23H24N2O6. The molecule has 0 radical (unpaired) electrons. The number of benzene rings is 2. The van der Waals surface area contributed by atoms with Crippen LogP contribution in [0.4, 0.5) is 5.69 Å². The molecule has 2 aromatic carbocycles. The highest BCUT2D eigenvalue weighted by Crippen LogP contribution is 2.23. The van der Waals surface area contributed by atoms with Gasteiger partial charge in [0.25, 0.3) is 11.5 Å². The fraction of sp³-hybridized carbons (Fsp3) is 0.261. The minimum Gasteiger partial charge on any atom is -0.483 e. The molecule has 1 N–H and O–H groups in total. The molecule has 0 fully saturated rings. The Bertz CT molecular complexity index is 1120. The van der Waals surface area contributed by atoms with E-state index in [1.54, 1.807) is 73.3 Å². The zero-order valence-electron chi connectivity index (χ0n) is 17.4. The topological polar surface area (TPSA) is 95.9 Å². The lowest BCUT2D eigenvalue weighted by Crippen LogP contribution is -2.22. The van der Waals surface area contributed by atoms with Crippen molar-refractivity contribution in [1.82, 2.24) is 4.57 Å². The molecule has 8 nitrogen and oxygen atoms in total. The molecule has 0 unspecified atom stereocenters. The van der Waals surface area contributed by atoms with Gasteiger partial charge in [0, 0.05) is 30.9 Å². The smallest absolute Gasteiger partial charge is 0.338 e. The van der Waals surface area contributed by atoms with Crippen molar-refractivity contribution in [3.05, 3.63) is 70.6 Å². The van der Waals surface area contributed by atoms with Crippen LogP contribution in [0.25, 0.3) is 10.8 Å². The summed E-state index contributed by atoms with van der Waals surface area (Å²) >= 11 is 0. The highest BCUT2D eigenvalue weighted by atomic mass is 16.5. The SMILES string of the molecule is CCOC(=O)c1ccc(NC(=O)COc2cccc3c(=O)n(CCOC)ccc23)cc1. The van der Waals surface area contributed by atoms with Crippen LogP contribution in [0.15, 0.2) is 59.5 Å². The van der Waals surface area contributed by atoms with Gasteiger partial charge in [-0.3, -0.25) is 9.59 Å². The number of pyridine rings is 1. The number of carbonyl (C=O) groups excluding carboxylic acids is 2. The van der Waals surface area contributed by atoms with Gasteiger partial charge in [0.05, 0.1) is 24.2 Å². The summed E-state index contributed by atoms with van der Waals surface area (Å²) in [7, 11) is 1.58. The van der Waals surface area contributed by atoms with Gasteiger partial charge in [0.1, 0.15) is 5.75 Å². The Kier molecular flexibility index (Phi) is 7.40. The maximum absolute atomic E-state index is 12.6. The molecule has 0 bridgehead atoms. The van der Waals surface area contributed by atoms with Crippen LogP contribution < -0.4 is 15.6 Å². The highest BCUT2D eigenvalue weighted by Gasteiger charge is 2.11. The first-order valence-electron chi connectivity index (χ1n) is 9.84. The predicted octanol–water partition coefficient (Wildman–Crippen LogP) is 2.84. The summed E-state index contributed by atoms with van der Waals surface area (Å²) in [6, 6.07) is 13.3. The summed E-state index contributed by atoms with van der Waals surface area (Å²) < 4.78 is 17.2. The average Bonchev–Trinajstić information content (AvgIpc) is 2.78. The Hall–Kier alpha value is -3.65. The molecule has 0 atom stereocenters. The van der Waals surface area contributed by atoms with E-state index in [0.717, 1.165) is 0 Å². The van der Waals surface area contributed by atoms with Crippen LogP contribution in [0.3, 0.4) is 0 Å². The molecule has 3 rings (SSSR count). The van der Waals surface area contributed by atoms with Crippen LogP contribution in [0.1, 0.15) is 17.3 Å². The van der Waals surface area contributed by atoms with Gasteiger partial charge in [-0.05, 0) is 49.4 Å². The third-order valence-corrected chi connectivity index (χ3v) is 4.55. The number of fused-ring (bicyclic) bond motifs is 1. The van der Waals surface area contributed by atoms with Crippen molar-refractivity contribution in [3.8, 4) is 5.75 Å². The molecule has 0 aliphatic heterocycles. The van der Waals surface area contributed by atoms with Gasteiger partial charge in [-0.2, -0.15) is 0 Å². The number of anilines is 1. The van der Waals surface area contributed by atoms with Gasteiger partial charge in [-0.1, -0.05) is 6.07 Å². The minimum atomic E-state index is -0.416. The fourth-order valence-corrected chi connectivity index (χ4v) is 3.03. The molecule has 3 aromatic rings. The molecule has 0 spiro atoms. The number of amides is 1. The third-order valence-electron chi connectivity index (χ3n) is 4.55. The maximum Gasteiger partial charge on any atom is 0.338 e. The Balaban J connectivity index is 1.65. The number of esters is 1. The molecular weight excluding hydrogens is 400 g/mol. The van der Waals surface area contributed by atoms with Crippen LogP contribution in [-0.2, 0) is 20.8 Å². The second kappa shape index (κ2) is 10.4. The summed E-state index contributed by atoms with van der Waals surface area (Å²) in [4.78, 5) is 36.6. The largest absolute Gasteiger partial charge is 0.483 e. The second-order valence-electron chi connectivity index (χ2n) is 6.66. The minimum absolute atomic E-state index is 0.147. The van der Waals surface area contributed by atoms with E-state index in [1.807, 2.05) is 0 Å². The lowest BCUT2D eigenvalue weighted by Gasteiger charge is -2.11. The van der Waals surface area contributed by atoms with Crippen molar-refractivity contribution in [2.45, 2.75) is 13.5 Å². The van der Waals surface area contributed by atoms with E-state index in [-0.39, 0.29) is 18.1 Å². The summed E-state index contributed by atoms with van der Waals surface area (Å²) in [5.74, 6) is -0.337. The van der Waals surface area contributed by atoms with Gasteiger partial charge >= 0.3 is 5.97 Å². The first kappa shape index (κ1) is 22.0. The number of ether oxygens (including phenoxy) is 3. The number of aromatic nitrogens is 1. The molecule has 162 valence electrons. The predicted molar refractivity (Wildman–Crippen MR) is 117 cm³/mol. The molecule has 0 aliphatic rings. The monoisotopic (exact) mass is 424 g/mol. The Labute approximate surface area is 179 Å². The molecule has 8 heteroatoms. The van der Waals surface area contributed by atoms with E-state index in [9.17, 15) is 14.4 Å². The average molecular weight is 424 g/mol. The first-order valence-corrected chi connectivity index (χ1v) is 9.84. The summed E-state index contributed by atoms with van der Waals surface area (Å²) in [5, 5.41) is 3.84. The van der Waals surface area contributed by atoms with Gasteiger partial charge < -0.3 is 24.1 Å². The molecule has 1 amide bonds. The second-order valence-corrected chi connectivity index (χ2v) is 6.66. The van der Waals surface area contributed by atoms with Crippen LogP contribution in [-0.4, -0.2) is 43.4 Å². The maximum atomic E-state index is 12.6. The molecule has 31 heavy (non-hydrogen) atoms. The van der Waals surface area contributed by atoms with Crippen molar-refractivity contribution in [2.75, 3.05) is 32.2 Å². The van der Waals surface area contributed by atoms with Crippen molar-refractivity contribution < 1.29 is 23.8 Å². The van der Waals surface area contributed by atoms with Crippen LogP contribution in [0.5, 0.6) is 5.75 Å². The molecule has 0 saturated carbocycles. The Morgan fingerprint density at radius 3 is 2.52 bits per heavy atom. The third kappa shape index (κ3) is 5.49. The van der Waals surface area contributed by atoms with Crippen LogP contribution in [0, 0.1) is 0 Å². The lowest BCUT2D eigenvalue weighted by molar-refractivity contribution is -0.118. The number of hydrogen-bond donors (Lipinski definition) is 1. The fourth-order valence-electron chi connectivity index (χ4n) is 3.03. The van der Waals surface area contributed by atoms with Crippen molar-refractivity contribution >= 4 is 28.3 Å². The van der Waals surface area contributed by atoms with Gasteiger partial charge in [0.2, 0.25) is 0 Å². The standard InChI is InChI=1S/C23H24N2O6/c1-3-30-23(28)16-7-9-17(10-8-16)24-21(26)15-31-20-6-4-5-19-18(20)11-12-25(22(19)27)13-14-29-2/h4-12H,3,13-15H2,1-2H3,(H,24,26). The van der Waals surface area contributed by atoms with E-state index >= 15 is 0 Å². The van der Waals surface area contributed by atoms with Gasteiger partial charge in [-0.15, -0.1) is 0 Å². The number of nitrogens with zero attached hydrogens (tertiary/aromatic N) is 1. The number of nitrogens with one attached hydrogen (secondary N) is 1. The quantitative estimate of drug-likeness (QED) is 0.531. The van der Waals surface area contributed by atoms with Gasteiger partial charge in [0.15, 0.2) is 6.61 Å². The van der Waals surface area contributed by atoms with E-state index in [1.165, 1.54) is 0 Å². The summed E-state index contributed by atoms with van der Waals surface area (Å²) in [6.45, 7) is 2.69. The number of methoxy groups -OCH3 is 1. The molecule has 0 aliphatic carbocycles. The van der Waals surface area contributed by atoms with Crippen molar-refractivity contribution in [2.24, 2.45) is 0 Å². The zero-order valence-corrected chi connectivity index (χ0v) is 17.4. The number of carbonyl (C=O) groups is 2. The van der Waals surface area contributed by atoms with E-state index in [2.05, 4.69) is 5.32 Å². The van der Waals surface area contributed by atoms with Crippen LogP contribution >= 0.6 is 0 Å². The highest BCUT2D eigenvalue weighted by molar-refractivity contribution is 5.94. The Morgan fingerprint density at radius 1 is 1.03 bits per heavy atom. The zero-order chi connectivity index (χ0) is 22.2. The number of rotatable bonds is 9. The normalized spacial score (nSPS) is 10.6. The van der Waals surface area contributed by atoms with E-state index in [4.69, 9.17) is 14.2 Å². The van der Waals surface area contributed by atoms with Crippen molar-refractivity contribution in [1.29, 1.82) is 0 Å². The molecule has 1 heterocycles. The Morgan fingerprint density at radius 2 is 1.81 bits per heavy atom. The van der Waals surface area contributed by atoms with E-state index < -0.39 is 5.97 Å². The summed E-state index contributed by atoms with van der Waals surface area (Å²) in [5.41, 5.74) is 0.787. The number of hydrogen-bond acceptors (Lipinski definition) is 6. The van der Waals surface area contributed by atoms with Crippen molar-refractivity contribution in [3.63, 3.8) is 0 Å². The molecule has 1 aromatic heterocycles. The van der Waals surface area contributed by atoms with E-state index in [0.29, 0.717) is 47.5 Å².